The van der Waals surface area contributed by atoms with E-state index in [0.29, 0.717) is 22.2 Å². The Kier molecular flexibility index (Phi) is 5.57. The van der Waals surface area contributed by atoms with Crippen LogP contribution in [0.2, 0.25) is 0 Å². The molecule has 0 aliphatic carbocycles. The summed E-state index contributed by atoms with van der Waals surface area (Å²) in [6.45, 7) is -0.577. The van der Waals surface area contributed by atoms with Gasteiger partial charge in [-0.1, -0.05) is 30.3 Å². The first-order valence-electron chi connectivity index (χ1n) is 7.93. The molecule has 28 heavy (non-hydrogen) atoms. The average Bonchev–Trinajstić information content (AvgIpc) is 3.01. The zero-order valence-electron chi connectivity index (χ0n) is 14.6. The van der Waals surface area contributed by atoms with E-state index in [1.165, 1.54) is 10.6 Å². The van der Waals surface area contributed by atoms with Gasteiger partial charge >= 0.3 is 13.9 Å². The molecule has 1 heterocycles. The van der Waals surface area contributed by atoms with E-state index < -0.39 is 20.6 Å². The quantitative estimate of drug-likeness (QED) is 0.420. The number of fused-ring (bicyclic) bond motifs is 1. The van der Waals surface area contributed by atoms with Crippen molar-refractivity contribution in [1.82, 2.24) is 9.55 Å². The van der Waals surface area contributed by atoms with Gasteiger partial charge in [0.15, 0.2) is 5.78 Å². The van der Waals surface area contributed by atoms with Crippen LogP contribution < -0.4 is 5.32 Å². The maximum absolute atomic E-state index is 12.6. The number of phosphoric ester groups is 1. The molecule has 1 aromatic heterocycles. The molecule has 3 rings (SSSR count). The van der Waals surface area contributed by atoms with Gasteiger partial charge in [0.05, 0.1) is 18.1 Å². The van der Waals surface area contributed by atoms with Crippen molar-refractivity contribution in [2.75, 3.05) is 12.4 Å². The number of carbonyl (C=O) groups excluding carboxylic acids is 2. The molecule has 0 radical (unpaired) electrons. The summed E-state index contributed by atoms with van der Waals surface area (Å²) in [6.07, 6.45) is -0.826. The summed E-state index contributed by atoms with van der Waals surface area (Å²) in [5.74, 6) is -0.273. The molecule has 0 spiro atoms. The first-order valence-corrected chi connectivity index (χ1v) is 9.46. The molecule has 0 saturated heterocycles. The molecule has 3 N–H and O–H groups in total. The fourth-order valence-electron chi connectivity index (χ4n) is 2.53. The molecule has 1 amide bonds. The number of carbonyl (C=O) groups is 2. The lowest BCUT2D eigenvalue weighted by atomic mass is 10.0. The highest BCUT2D eigenvalue weighted by atomic mass is 31.2. The van der Waals surface area contributed by atoms with Crippen LogP contribution in [-0.2, 0) is 20.6 Å². The topological polar surface area (TPSA) is 140 Å². The minimum absolute atomic E-state index is 0.0559. The number of hydrogen-bond donors (Lipinski definition) is 3. The van der Waals surface area contributed by atoms with Crippen molar-refractivity contribution in [2.24, 2.45) is 0 Å². The molecule has 0 saturated carbocycles. The summed E-state index contributed by atoms with van der Waals surface area (Å²) >= 11 is 0. The standard InChI is InChI=1S/C17H16N3O7P/c1-26-17(22)19-16-18-13-9-12(15(21)11-5-3-2-4-6-11)7-8-14(13)20(16)10-27-28(23,24)25/h2-9H,10H2,1H3,(H,18,19,22)(H2,23,24,25). The predicted molar refractivity (Wildman–Crippen MR) is 98.8 cm³/mol. The van der Waals surface area contributed by atoms with Crippen LogP contribution in [0.4, 0.5) is 10.7 Å². The second-order valence-corrected chi connectivity index (χ2v) is 6.87. The van der Waals surface area contributed by atoms with Gasteiger partial charge in [-0.3, -0.25) is 19.2 Å². The Balaban J connectivity index is 2.02. The highest BCUT2D eigenvalue weighted by Gasteiger charge is 2.20. The number of imidazole rings is 1. The molecule has 0 unspecified atom stereocenters. The third kappa shape index (κ3) is 4.44. The molecule has 11 heteroatoms. The van der Waals surface area contributed by atoms with Crippen molar-refractivity contribution in [3.05, 3.63) is 59.7 Å². The fraction of sp³-hybridized carbons (Fsp3) is 0.118. The van der Waals surface area contributed by atoms with Crippen molar-refractivity contribution >= 4 is 36.7 Å². The van der Waals surface area contributed by atoms with Crippen molar-refractivity contribution < 1.29 is 33.2 Å². The third-order valence-electron chi connectivity index (χ3n) is 3.80. The van der Waals surface area contributed by atoms with Crippen LogP contribution in [0.5, 0.6) is 0 Å². The molecule has 10 nitrogen and oxygen atoms in total. The van der Waals surface area contributed by atoms with Gasteiger partial charge in [0.2, 0.25) is 5.95 Å². The Morgan fingerprint density at radius 1 is 1.14 bits per heavy atom. The monoisotopic (exact) mass is 405 g/mol. The number of amides is 1. The highest BCUT2D eigenvalue weighted by molar-refractivity contribution is 7.46. The number of hydrogen-bond acceptors (Lipinski definition) is 6. The number of ketones is 1. The largest absolute Gasteiger partial charge is 0.471 e. The molecule has 0 atom stereocenters. The minimum atomic E-state index is -4.76. The number of methoxy groups -OCH3 is 1. The van der Waals surface area contributed by atoms with Gasteiger partial charge in [0, 0.05) is 11.1 Å². The average molecular weight is 405 g/mol. The second-order valence-electron chi connectivity index (χ2n) is 5.63. The molecule has 0 fully saturated rings. The van der Waals surface area contributed by atoms with Crippen LogP contribution in [0, 0.1) is 0 Å². The number of nitrogens with one attached hydrogen (secondary N) is 1. The van der Waals surface area contributed by atoms with Crippen LogP contribution in [0.3, 0.4) is 0 Å². The maximum Gasteiger partial charge on any atom is 0.471 e. The van der Waals surface area contributed by atoms with Crippen LogP contribution in [0.1, 0.15) is 15.9 Å². The SMILES string of the molecule is COC(=O)Nc1nc2cc(C(=O)c3ccccc3)ccc2n1COP(=O)(O)O. The van der Waals surface area contributed by atoms with Crippen LogP contribution in [0.15, 0.2) is 48.5 Å². The summed E-state index contributed by atoms with van der Waals surface area (Å²) in [5, 5.41) is 2.34. The van der Waals surface area contributed by atoms with Gasteiger partial charge in [-0.2, -0.15) is 0 Å². The summed E-state index contributed by atoms with van der Waals surface area (Å²) in [5.41, 5.74) is 1.58. The molecule has 3 aromatic rings. The Morgan fingerprint density at radius 3 is 2.50 bits per heavy atom. The zero-order valence-corrected chi connectivity index (χ0v) is 15.5. The molecule has 2 aromatic carbocycles. The van der Waals surface area contributed by atoms with Crippen molar-refractivity contribution in [3.63, 3.8) is 0 Å². The van der Waals surface area contributed by atoms with Gasteiger partial charge in [-0.15, -0.1) is 0 Å². The van der Waals surface area contributed by atoms with Gasteiger partial charge in [0.25, 0.3) is 0 Å². The zero-order chi connectivity index (χ0) is 20.3. The minimum Gasteiger partial charge on any atom is -0.453 e. The molecule has 0 aliphatic rings. The van der Waals surface area contributed by atoms with E-state index in [0.717, 1.165) is 7.11 Å². The van der Waals surface area contributed by atoms with E-state index in [9.17, 15) is 14.2 Å². The Morgan fingerprint density at radius 2 is 1.86 bits per heavy atom. The number of ether oxygens (including phenoxy) is 1. The van der Waals surface area contributed by atoms with E-state index in [-0.39, 0.29) is 11.7 Å². The van der Waals surface area contributed by atoms with E-state index in [1.807, 2.05) is 0 Å². The number of benzene rings is 2. The predicted octanol–water partition coefficient (Wildman–Crippen LogP) is 2.51. The number of nitrogens with zero attached hydrogens (tertiary/aromatic N) is 2. The smallest absolute Gasteiger partial charge is 0.453 e. The molecule has 0 aliphatic heterocycles. The lowest BCUT2D eigenvalue weighted by molar-refractivity contribution is 0.103. The number of anilines is 1. The maximum atomic E-state index is 12.6. The van der Waals surface area contributed by atoms with E-state index in [1.54, 1.807) is 42.5 Å². The fourth-order valence-corrected chi connectivity index (χ4v) is 2.79. The van der Waals surface area contributed by atoms with Crippen molar-refractivity contribution in [3.8, 4) is 0 Å². The summed E-state index contributed by atoms with van der Waals surface area (Å²) < 4.78 is 21.3. The summed E-state index contributed by atoms with van der Waals surface area (Å²) in [7, 11) is -3.60. The first kappa shape index (κ1) is 19.7. The van der Waals surface area contributed by atoms with Crippen LogP contribution in [-0.4, -0.2) is 38.3 Å². The Hall–Kier alpha value is -3.04. The molecule has 0 bridgehead atoms. The van der Waals surface area contributed by atoms with E-state index in [4.69, 9.17) is 9.79 Å². The van der Waals surface area contributed by atoms with Gasteiger partial charge < -0.3 is 14.5 Å². The molecular formula is C17H16N3O7P. The molecule has 146 valence electrons. The lowest BCUT2D eigenvalue weighted by Crippen LogP contribution is -2.16. The third-order valence-corrected chi connectivity index (χ3v) is 4.25. The number of rotatable bonds is 6. The van der Waals surface area contributed by atoms with Gasteiger partial charge in [-0.25, -0.2) is 14.3 Å². The Bertz CT molecular complexity index is 1080. The van der Waals surface area contributed by atoms with Crippen LogP contribution in [0.25, 0.3) is 11.0 Å². The van der Waals surface area contributed by atoms with Crippen molar-refractivity contribution in [1.29, 1.82) is 0 Å². The van der Waals surface area contributed by atoms with E-state index in [2.05, 4.69) is 19.6 Å². The number of phosphoric acid groups is 1. The highest BCUT2D eigenvalue weighted by Crippen LogP contribution is 2.37. The lowest BCUT2D eigenvalue weighted by Gasteiger charge is -2.10. The van der Waals surface area contributed by atoms with Gasteiger partial charge in [0.1, 0.15) is 6.73 Å². The van der Waals surface area contributed by atoms with E-state index >= 15 is 0 Å². The molecular weight excluding hydrogens is 389 g/mol. The summed E-state index contributed by atoms with van der Waals surface area (Å²) in [6, 6.07) is 13.3. The summed E-state index contributed by atoms with van der Waals surface area (Å²) in [4.78, 5) is 46.2. The van der Waals surface area contributed by atoms with Crippen molar-refractivity contribution in [2.45, 2.75) is 6.73 Å². The van der Waals surface area contributed by atoms with Crippen LogP contribution >= 0.6 is 7.82 Å². The first-order chi connectivity index (χ1) is 13.3. The Labute approximate surface area is 159 Å². The van der Waals surface area contributed by atoms with Gasteiger partial charge in [-0.05, 0) is 18.2 Å². The number of aromatic nitrogens is 2. The normalized spacial score (nSPS) is 11.4. The second kappa shape index (κ2) is 7.91.